The van der Waals surface area contributed by atoms with Gasteiger partial charge in [0.2, 0.25) is 5.78 Å². The first-order chi connectivity index (χ1) is 15.0. The van der Waals surface area contributed by atoms with Crippen molar-refractivity contribution >= 4 is 77.3 Å². The summed E-state index contributed by atoms with van der Waals surface area (Å²) in [5.41, 5.74) is 1.31. The van der Waals surface area contributed by atoms with E-state index in [0.29, 0.717) is 32.1 Å². The predicted octanol–water partition coefficient (Wildman–Crippen LogP) is 7.55. The summed E-state index contributed by atoms with van der Waals surface area (Å²) in [5.74, 6) is -0.627. The molecule has 5 rings (SSSR count). The summed E-state index contributed by atoms with van der Waals surface area (Å²) in [6.45, 7) is 0. The molecular weight excluding hydrogens is 498 g/mol. The van der Waals surface area contributed by atoms with Crippen LogP contribution in [0.5, 0.6) is 0 Å². The van der Waals surface area contributed by atoms with E-state index in [-0.39, 0.29) is 17.5 Å². The van der Waals surface area contributed by atoms with Crippen molar-refractivity contribution in [3.05, 3.63) is 98.5 Å². The summed E-state index contributed by atoms with van der Waals surface area (Å²) in [7, 11) is 0. The molecule has 0 bridgehead atoms. The van der Waals surface area contributed by atoms with Gasteiger partial charge < -0.3 is 9.73 Å². The predicted molar refractivity (Wildman–Crippen MR) is 129 cm³/mol. The van der Waals surface area contributed by atoms with Crippen LogP contribution >= 0.6 is 38.9 Å². The molecule has 0 aliphatic rings. The molecule has 31 heavy (non-hydrogen) atoms. The van der Waals surface area contributed by atoms with E-state index in [0.717, 1.165) is 14.6 Å². The highest BCUT2D eigenvalue weighted by atomic mass is 79.9. The van der Waals surface area contributed by atoms with Crippen molar-refractivity contribution in [3.8, 4) is 0 Å². The summed E-state index contributed by atoms with van der Waals surface area (Å²) >= 11 is 11.2. The van der Waals surface area contributed by atoms with Gasteiger partial charge in [-0.05, 0) is 42.5 Å². The monoisotopic (exact) mass is 509 g/mol. The lowest BCUT2D eigenvalue weighted by molar-refractivity contribution is 0.101. The van der Waals surface area contributed by atoms with E-state index in [4.69, 9.17) is 16.0 Å². The van der Waals surface area contributed by atoms with Crippen LogP contribution < -0.4 is 5.32 Å². The van der Waals surface area contributed by atoms with Gasteiger partial charge in [-0.15, -0.1) is 11.3 Å². The summed E-state index contributed by atoms with van der Waals surface area (Å²) in [6, 6.07) is 21.7. The average molecular weight is 511 g/mol. The first-order valence-corrected chi connectivity index (χ1v) is 11.3. The van der Waals surface area contributed by atoms with Gasteiger partial charge in [-0.2, -0.15) is 0 Å². The number of thiophene rings is 1. The number of ketones is 1. The molecular formula is C24H13BrClNO3S. The zero-order valence-electron chi connectivity index (χ0n) is 15.8. The Labute approximate surface area is 194 Å². The second kappa shape index (κ2) is 7.96. The van der Waals surface area contributed by atoms with Gasteiger partial charge >= 0.3 is 0 Å². The number of nitrogens with one attached hydrogen (secondary N) is 1. The molecule has 1 N–H and O–H groups in total. The SMILES string of the molecule is O=C(c1ccc(Br)cc1)c1oc2ccccc2c1NC(=O)c1sc2ccccc2c1Cl. The van der Waals surface area contributed by atoms with Crippen LogP contribution in [0.15, 0.2) is 81.7 Å². The number of halogens is 2. The molecule has 0 saturated heterocycles. The van der Waals surface area contributed by atoms with E-state index in [1.165, 1.54) is 11.3 Å². The Balaban J connectivity index is 1.59. The number of amides is 1. The number of para-hydroxylation sites is 1. The van der Waals surface area contributed by atoms with Crippen molar-refractivity contribution in [1.29, 1.82) is 0 Å². The molecule has 7 heteroatoms. The molecule has 0 fully saturated rings. The fourth-order valence-electron chi connectivity index (χ4n) is 3.39. The quantitative estimate of drug-likeness (QED) is 0.254. The Kier molecular flexibility index (Phi) is 5.14. The molecule has 0 radical (unpaired) electrons. The summed E-state index contributed by atoms with van der Waals surface area (Å²) in [6.07, 6.45) is 0. The summed E-state index contributed by atoms with van der Waals surface area (Å²) in [4.78, 5) is 26.7. The van der Waals surface area contributed by atoms with E-state index < -0.39 is 0 Å². The van der Waals surface area contributed by atoms with Crippen LogP contribution in [0.25, 0.3) is 21.1 Å². The first-order valence-electron chi connectivity index (χ1n) is 9.33. The third kappa shape index (κ3) is 3.57. The van der Waals surface area contributed by atoms with Gasteiger partial charge in [-0.1, -0.05) is 57.9 Å². The summed E-state index contributed by atoms with van der Waals surface area (Å²) in [5, 5.41) is 4.74. The van der Waals surface area contributed by atoms with Crippen LogP contribution in [0, 0.1) is 0 Å². The van der Waals surface area contributed by atoms with E-state index in [1.54, 1.807) is 36.4 Å². The lowest BCUT2D eigenvalue weighted by Gasteiger charge is -2.06. The summed E-state index contributed by atoms with van der Waals surface area (Å²) < 4.78 is 7.65. The maximum absolute atomic E-state index is 13.2. The van der Waals surface area contributed by atoms with Crippen molar-refractivity contribution < 1.29 is 14.0 Å². The fourth-order valence-corrected chi connectivity index (χ4v) is 5.07. The second-order valence-corrected chi connectivity index (χ2v) is 9.18. The Morgan fingerprint density at radius 3 is 2.32 bits per heavy atom. The molecule has 2 aromatic heterocycles. The maximum atomic E-state index is 13.2. The van der Waals surface area contributed by atoms with E-state index in [1.807, 2.05) is 36.4 Å². The maximum Gasteiger partial charge on any atom is 0.267 e. The van der Waals surface area contributed by atoms with Gasteiger partial charge in [0.05, 0.1) is 10.7 Å². The van der Waals surface area contributed by atoms with Crippen molar-refractivity contribution in [3.63, 3.8) is 0 Å². The third-order valence-electron chi connectivity index (χ3n) is 4.89. The molecule has 0 unspecified atom stereocenters. The second-order valence-electron chi connectivity index (χ2n) is 6.83. The zero-order valence-corrected chi connectivity index (χ0v) is 19.0. The van der Waals surface area contributed by atoms with Gasteiger partial charge in [-0.25, -0.2) is 0 Å². The van der Waals surface area contributed by atoms with E-state index >= 15 is 0 Å². The number of anilines is 1. The van der Waals surface area contributed by atoms with Gasteiger partial charge in [0, 0.05) is 25.5 Å². The number of rotatable bonds is 4. The van der Waals surface area contributed by atoms with Crippen LogP contribution in [0.4, 0.5) is 5.69 Å². The third-order valence-corrected chi connectivity index (χ3v) is 7.09. The highest BCUT2D eigenvalue weighted by Gasteiger charge is 2.25. The number of hydrogen-bond donors (Lipinski definition) is 1. The van der Waals surface area contributed by atoms with Crippen molar-refractivity contribution in [2.24, 2.45) is 0 Å². The number of carbonyl (C=O) groups excluding carboxylic acids is 2. The van der Waals surface area contributed by atoms with Gasteiger partial charge in [0.25, 0.3) is 5.91 Å². The Bertz CT molecular complexity index is 1470. The number of benzene rings is 3. The number of furan rings is 1. The minimum atomic E-state index is -0.386. The standard InChI is InChI=1S/C24H13BrClNO3S/c25-14-11-9-13(10-12-14)21(28)22-20(15-5-1-3-7-17(15)30-22)27-24(29)23-19(26)16-6-2-4-8-18(16)31-23/h1-12H,(H,27,29). The topological polar surface area (TPSA) is 59.3 Å². The normalized spacial score (nSPS) is 11.2. The largest absolute Gasteiger partial charge is 0.450 e. The van der Waals surface area contributed by atoms with Crippen LogP contribution in [0.3, 0.4) is 0 Å². The molecule has 4 nitrogen and oxygen atoms in total. The number of carbonyl (C=O) groups is 2. The molecule has 0 spiro atoms. The Morgan fingerprint density at radius 2 is 1.58 bits per heavy atom. The van der Waals surface area contributed by atoms with Gasteiger partial charge in [0.15, 0.2) is 5.76 Å². The molecule has 0 aliphatic heterocycles. The van der Waals surface area contributed by atoms with Crippen molar-refractivity contribution in [1.82, 2.24) is 0 Å². The molecule has 1 amide bonds. The Hall–Kier alpha value is -2.93. The van der Waals surface area contributed by atoms with Gasteiger partial charge in [0.1, 0.15) is 10.5 Å². The lowest BCUT2D eigenvalue weighted by Crippen LogP contribution is -2.13. The molecule has 152 valence electrons. The van der Waals surface area contributed by atoms with Crippen LogP contribution in [-0.2, 0) is 0 Å². The molecule has 0 aliphatic carbocycles. The van der Waals surface area contributed by atoms with Gasteiger partial charge in [-0.3, -0.25) is 9.59 Å². The zero-order chi connectivity index (χ0) is 21.5. The van der Waals surface area contributed by atoms with Crippen LogP contribution in [0.2, 0.25) is 5.02 Å². The highest BCUT2D eigenvalue weighted by molar-refractivity contribution is 9.10. The molecule has 2 heterocycles. The lowest BCUT2D eigenvalue weighted by atomic mass is 10.1. The highest BCUT2D eigenvalue weighted by Crippen LogP contribution is 2.37. The number of fused-ring (bicyclic) bond motifs is 2. The fraction of sp³-hybridized carbons (Fsp3) is 0. The first kappa shape index (κ1) is 20.0. The molecule has 5 aromatic rings. The van der Waals surface area contributed by atoms with E-state index in [2.05, 4.69) is 21.2 Å². The van der Waals surface area contributed by atoms with Crippen molar-refractivity contribution in [2.75, 3.05) is 5.32 Å². The Morgan fingerprint density at radius 1 is 0.903 bits per heavy atom. The minimum absolute atomic E-state index is 0.0779. The average Bonchev–Trinajstić information content (AvgIpc) is 3.32. The van der Waals surface area contributed by atoms with Crippen LogP contribution in [0.1, 0.15) is 25.8 Å². The minimum Gasteiger partial charge on any atom is -0.450 e. The van der Waals surface area contributed by atoms with Crippen LogP contribution in [-0.4, -0.2) is 11.7 Å². The molecule has 3 aromatic carbocycles. The molecule has 0 atom stereocenters. The smallest absolute Gasteiger partial charge is 0.267 e. The van der Waals surface area contributed by atoms with E-state index in [9.17, 15) is 9.59 Å². The number of hydrogen-bond acceptors (Lipinski definition) is 4. The van der Waals surface area contributed by atoms with Crippen molar-refractivity contribution in [2.45, 2.75) is 0 Å². The molecule has 0 saturated carbocycles.